The zero-order valence-corrected chi connectivity index (χ0v) is 44.2. The summed E-state index contributed by atoms with van der Waals surface area (Å²) < 4.78 is 23.0. The Kier molecular flexibility index (Phi) is 41.7. The van der Waals surface area contributed by atoms with Crippen LogP contribution in [0.1, 0.15) is 264 Å². The van der Waals surface area contributed by atoms with Gasteiger partial charge in [-0.05, 0) is 19.3 Å². The molecule has 8 unspecified atom stereocenters. The SMILES string of the molecule is CCCCCCCCCCCCCCCCCC/C=C/C(O)C(COP(=O)(O)OC1C(O)C(O)C(O)C(O)C1O)NC(=O)CC(O)CCCCCCCCCCCCCCCCCCCCCC. The van der Waals surface area contributed by atoms with Crippen LogP contribution in [0.25, 0.3) is 0 Å². The molecule has 1 fully saturated rings. The zero-order chi connectivity index (χ0) is 50.1. The van der Waals surface area contributed by atoms with Gasteiger partial charge in [-0.1, -0.05) is 251 Å². The summed E-state index contributed by atoms with van der Waals surface area (Å²) in [7, 11) is -5.14. The molecule has 9 N–H and O–H groups in total. The molecule has 404 valence electrons. The molecule has 1 rings (SSSR count). The highest BCUT2D eigenvalue weighted by molar-refractivity contribution is 7.47. The fourth-order valence-electron chi connectivity index (χ4n) is 9.30. The third kappa shape index (κ3) is 34.4. The van der Waals surface area contributed by atoms with E-state index in [-0.39, 0.29) is 6.42 Å². The van der Waals surface area contributed by atoms with E-state index in [4.69, 9.17) is 9.05 Å². The third-order valence-electron chi connectivity index (χ3n) is 13.9. The molecule has 0 aromatic rings. The van der Waals surface area contributed by atoms with Crippen molar-refractivity contribution in [2.75, 3.05) is 6.61 Å². The molecule has 1 aliphatic rings. The van der Waals surface area contributed by atoms with Crippen LogP contribution in [0.15, 0.2) is 12.2 Å². The van der Waals surface area contributed by atoms with Gasteiger partial charge in [0, 0.05) is 0 Å². The molecule has 0 spiro atoms. The van der Waals surface area contributed by atoms with E-state index < -0.39 is 75.2 Å². The zero-order valence-electron chi connectivity index (χ0n) is 43.3. The smallest absolute Gasteiger partial charge is 0.393 e. The van der Waals surface area contributed by atoms with Crippen molar-refractivity contribution < 1.29 is 59.0 Å². The van der Waals surface area contributed by atoms with Crippen LogP contribution in [0.5, 0.6) is 0 Å². The third-order valence-corrected chi connectivity index (χ3v) is 14.9. The molecule has 0 aromatic heterocycles. The first kappa shape index (κ1) is 65.1. The Balaban J connectivity index is 2.42. The number of nitrogens with one attached hydrogen (secondary N) is 1. The second-order valence-corrected chi connectivity index (χ2v) is 21.7. The minimum Gasteiger partial charge on any atom is -0.393 e. The number of phosphoric acid groups is 1. The Bertz CT molecular complexity index is 1210. The van der Waals surface area contributed by atoms with Crippen molar-refractivity contribution in [1.29, 1.82) is 0 Å². The van der Waals surface area contributed by atoms with Crippen molar-refractivity contribution in [1.82, 2.24) is 5.32 Å². The molecule has 14 heteroatoms. The fraction of sp³-hybridized carbons (Fsp3) is 0.944. The highest BCUT2D eigenvalue weighted by Gasteiger charge is 2.51. The first-order valence-corrected chi connectivity index (χ1v) is 29.7. The molecule has 0 bridgehead atoms. The van der Waals surface area contributed by atoms with Gasteiger partial charge >= 0.3 is 7.82 Å². The second kappa shape index (κ2) is 43.6. The maximum atomic E-state index is 13.1. The van der Waals surface area contributed by atoms with E-state index in [1.807, 2.05) is 0 Å². The maximum absolute atomic E-state index is 13.1. The fourth-order valence-corrected chi connectivity index (χ4v) is 10.3. The summed E-state index contributed by atoms with van der Waals surface area (Å²) in [5, 5.41) is 74.8. The molecule has 0 saturated heterocycles. The molecule has 1 amide bonds. The maximum Gasteiger partial charge on any atom is 0.472 e. The number of carbonyl (C=O) groups excluding carboxylic acids is 1. The van der Waals surface area contributed by atoms with E-state index >= 15 is 0 Å². The number of phosphoric ester groups is 1. The minimum absolute atomic E-state index is 0.239. The first-order valence-electron chi connectivity index (χ1n) is 28.2. The Morgan fingerprint density at radius 1 is 0.515 bits per heavy atom. The van der Waals surface area contributed by atoms with Gasteiger partial charge in [-0.25, -0.2) is 4.57 Å². The van der Waals surface area contributed by atoms with Crippen molar-refractivity contribution in [3.63, 3.8) is 0 Å². The lowest BCUT2D eigenvalue weighted by Crippen LogP contribution is -2.64. The van der Waals surface area contributed by atoms with Crippen molar-refractivity contribution >= 4 is 13.7 Å². The van der Waals surface area contributed by atoms with E-state index in [1.54, 1.807) is 6.08 Å². The summed E-state index contributed by atoms with van der Waals surface area (Å²) in [6.45, 7) is 3.79. The number of allylic oxidation sites excluding steroid dienone is 1. The number of rotatable bonds is 48. The Labute approximate surface area is 414 Å². The van der Waals surface area contributed by atoms with Gasteiger partial charge in [0.25, 0.3) is 0 Å². The van der Waals surface area contributed by atoms with Crippen LogP contribution in [-0.4, -0.2) is 108 Å². The van der Waals surface area contributed by atoms with Crippen molar-refractivity contribution in [3.05, 3.63) is 12.2 Å². The molecule has 0 aliphatic heterocycles. The molecular weight excluding hydrogens is 886 g/mol. The number of amides is 1. The molecule has 13 nitrogen and oxygen atoms in total. The number of hydrogen-bond acceptors (Lipinski definition) is 11. The highest BCUT2D eigenvalue weighted by atomic mass is 31.2. The second-order valence-electron chi connectivity index (χ2n) is 20.3. The predicted octanol–water partition coefficient (Wildman–Crippen LogP) is 11.3. The quantitative estimate of drug-likeness (QED) is 0.0158. The van der Waals surface area contributed by atoms with Gasteiger partial charge in [-0.15, -0.1) is 0 Å². The molecule has 8 atom stereocenters. The summed E-state index contributed by atoms with van der Waals surface area (Å²) in [6, 6.07) is -1.24. The largest absolute Gasteiger partial charge is 0.472 e. The van der Waals surface area contributed by atoms with E-state index in [9.17, 15) is 50.0 Å². The van der Waals surface area contributed by atoms with Gasteiger partial charge in [0.2, 0.25) is 5.91 Å². The minimum atomic E-state index is -5.14. The average molecular weight is 992 g/mol. The van der Waals surface area contributed by atoms with Crippen LogP contribution in [0.3, 0.4) is 0 Å². The number of aliphatic hydroxyl groups excluding tert-OH is 7. The van der Waals surface area contributed by atoms with Gasteiger partial charge in [0.1, 0.15) is 36.6 Å². The standard InChI is InChI=1S/C54H106NO12P/c1-3-5-7-9-11-13-15-17-19-21-23-24-25-27-29-31-33-35-37-39-41-45(56)43-48(58)55-46(44-66-68(64,65)67-54-52(62)50(60)49(59)51(61)53(54)63)47(57)42-40-38-36-34-32-30-28-26-22-20-18-16-14-12-10-8-6-4-2/h40,42,45-47,49-54,56-57,59-63H,3-39,41,43-44H2,1-2H3,(H,55,58)(H,64,65)/b42-40+. The monoisotopic (exact) mass is 992 g/mol. The number of carbonyl (C=O) groups is 1. The summed E-state index contributed by atoms with van der Waals surface area (Å²) in [6.07, 6.45) is 35.8. The number of hydrogen-bond donors (Lipinski definition) is 9. The van der Waals surface area contributed by atoms with Gasteiger partial charge in [-0.3, -0.25) is 13.8 Å². The summed E-state index contributed by atoms with van der Waals surface area (Å²) >= 11 is 0. The number of unbranched alkanes of at least 4 members (excludes halogenated alkanes) is 35. The predicted molar refractivity (Wildman–Crippen MR) is 275 cm³/mol. The van der Waals surface area contributed by atoms with Crippen molar-refractivity contribution in [3.8, 4) is 0 Å². The van der Waals surface area contributed by atoms with Gasteiger partial charge in [0.15, 0.2) is 0 Å². The Morgan fingerprint density at radius 3 is 1.21 bits per heavy atom. The van der Waals surface area contributed by atoms with Gasteiger partial charge < -0.3 is 46.0 Å². The Morgan fingerprint density at radius 2 is 0.838 bits per heavy atom. The van der Waals surface area contributed by atoms with E-state index in [2.05, 4.69) is 19.2 Å². The lowest BCUT2D eigenvalue weighted by Gasteiger charge is -2.41. The van der Waals surface area contributed by atoms with Gasteiger partial charge in [-0.2, -0.15) is 0 Å². The lowest BCUT2D eigenvalue weighted by atomic mass is 9.85. The van der Waals surface area contributed by atoms with Crippen LogP contribution >= 0.6 is 7.82 Å². The van der Waals surface area contributed by atoms with Crippen LogP contribution in [0.4, 0.5) is 0 Å². The summed E-state index contributed by atoms with van der Waals surface area (Å²) in [4.78, 5) is 23.6. The van der Waals surface area contributed by atoms with Gasteiger partial charge in [0.05, 0.1) is 31.3 Å². The molecular formula is C54H106NO12P. The topological polar surface area (TPSA) is 226 Å². The molecule has 68 heavy (non-hydrogen) atoms. The molecule has 1 aliphatic carbocycles. The molecule has 0 heterocycles. The molecule has 0 aromatic carbocycles. The van der Waals surface area contributed by atoms with E-state index in [1.165, 1.54) is 192 Å². The normalized spacial score (nSPS) is 22.1. The summed E-state index contributed by atoms with van der Waals surface area (Å²) in [5.41, 5.74) is 0. The highest BCUT2D eigenvalue weighted by Crippen LogP contribution is 2.47. The first-order chi connectivity index (χ1) is 32.8. The van der Waals surface area contributed by atoms with Crippen LogP contribution in [-0.2, 0) is 18.4 Å². The van der Waals surface area contributed by atoms with Crippen LogP contribution in [0, 0.1) is 0 Å². The molecule has 1 saturated carbocycles. The average Bonchev–Trinajstić information content (AvgIpc) is 3.31. The van der Waals surface area contributed by atoms with Crippen LogP contribution < -0.4 is 5.32 Å². The molecule has 0 radical (unpaired) electrons. The van der Waals surface area contributed by atoms with Crippen LogP contribution in [0.2, 0.25) is 0 Å². The Hall–Kier alpha value is -0.960. The van der Waals surface area contributed by atoms with Crippen molar-refractivity contribution in [2.24, 2.45) is 0 Å². The summed E-state index contributed by atoms with van der Waals surface area (Å²) in [5.74, 6) is -0.587. The lowest BCUT2D eigenvalue weighted by molar-refractivity contribution is -0.220. The number of aliphatic hydroxyl groups is 7. The van der Waals surface area contributed by atoms with Crippen molar-refractivity contribution in [2.45, 2.75) is 319 Å². The van der Waals surface area contributed by atoms with E-state index in [0.29, 0.717) is 12.8 Å². The van der Waals surface area contributed by atoms with E-state index in [0.717, 1.165) is 44.9 Å².